The van der Waals surface area contributed by atoms with E-state index >= 15 is 0 Å². The topological polar surface area (TPSA) is 87.5 Å². The van der Waals surface area contributed by atoms with Gasteiger partial charge in [-0.15, -0.1) is 0 Å². The maximum Gasteiger partial charge on any atom is 0.339 e. The number of ether oxygens (including phenoxy) is 1. The molecule has 7 heteroatoms. The SMILES string of the molecule is CC1(C)C[C@H]2C[C@](C)(CN2S(=O)(=O)c2cccc(C(=O)OCC#N)c2)C1. The first-order valence-electron chi connectivity index (χ1n) is 8.72. The van der Waals surface area contributed by atoms with E-state index in [1.54, 1.807) is 10.4 Å². The van der Waals surface area contributed by atoms with Gasteiger partial charge in [0.1, 0.15) is 6.07 Å². The molecule has 1 heterocycles. The molecule has 0 aromatic heterocycles. The molecule has 1 aromatic rings. The molecular formula is C19H24N2O4S. The molecule has 0 unspecified atom stereocenters. The molecule has 2 aliphatic rings. The highest BCUT2D eigenvalue weighted by Gasteiger charge is 2.53. The molecule has 1 aromatic carbocycles. The van der Waals surface area contributed by atoms with Crippen LogP contribution in [0.25, 0.3) is 0 Å². The number of sulfonamides is 1. The highest BCUT2D eigenvalue weighted by Crippen LogP contribution is 2.53. The van der Waals surface area contributed by atoms with Gasteiger partial charge in [0.25, 0.3) is 0 Å². The van der Waals surface area contributed by atoms with Crippen molar-refractivity contribution in [2.24, 2.45) is 10.8 Å². The number of carbonyl (C=O) groups excluding carboxylic acids is 1. The van der Waals surface area contributed by atoms with E-state index in [4.69, 9.17) is 10.00 Å². The van der Waals surface area contributed by atoms with E-state index in [1.165, 1.54) is 24.3 Å². The summed E-state index contributed by atoms with van der Waals surface area (Å²) in [6.07, 6.45) is 2.72. The largest absolute Gasteiger partial charge is 0.447 e. The van der Waals surface area contributed by atoms with Crippen LogP contribution < -0.4 is 0 Å². The van der Waals surface area contributed by atoms with Crippen LogP contribution >= 0.6 is 0 Å². The second-order valence-corrected chi connectivity index (χ2v) is 10.4. The predicted molar refractivity (Wildman–Crippen MR) is 95.8 cm³/mol. The summed E-state index contributed by atoms with van der Waals surface area (Å²) in [6.45, 7) is 6.69. The van der Waals surface area contributed by atoms with Gasteiger partial charge in [0, 0.05) is 12.6 Å². The van der Waals surface area contributed by atoms with E-state index in [-0.39, 0.29) is 33.9 Å². The first-order chi connectivity index (χ1) is 12.1. The van der Waals surface area contributed by atoms with E-state index in [0.717, 1.165) is 19.3 Å². The van der Waals surface area contributed by atoms with Crippen molar-refractivity contribution >= 4 is 16.0 Å². The fourth-order valence-corrected chi connectivity index (χ4v) is 6.61. The summed E-state index contributed by atoms with van der Waals surface area (Å²) < 4.78 is 32.9. The van der Waals surface area contributed by atoms with Crippen LogP contribution in [-0.2, 0) is 14.8 Å². The molecule has 1 aliphatic carbocycles. The molecular weight excluding hydrogens is 352 g/mol. The number of rotatable bonds is 4. The van der Waals surface area contributed by atoms with Crippen LogP contribution in [0.4, 0.5) is 0 Å². The molecule has 1 aliphatic heterocycles. The van der Waals surface area contributed by atoms with Crippen LogP contribution in [0.3, 0.4) is 0 Å². The summed E-state index contributed by atoms with van der Waals surface area (Å²) in [5.41, 5.74) is 0.239. The first kappa shape index (κ1) is 18.9. The zero-order valence-electron chi connectivity index (χ0n) is 15.4. The third-order valence-corrected chi connectivity index (χ3v) is 7.21. The molecule has 0 spiro atoms. The highest BCUT2D eigenvalue weighted by molar-refractivity contribution is 7.89. The number of esters is 1. The molecule has 2 fully saturated rings. The third-order valence-electron chi connectivity index (χ3n) is 5.31. The molecule has 6 nitrogen and oxygen atoms in total. The summed E-state index contributed by atoms with van der Waals surface area (Å²) in [4.78, 5) is 12.0. The van der Waals surface area contributed by atoms with Gasteiger partial charge >= 0.3 is 5.97 Å². The van der Waals surface area contributed by atoms with Crippen molar-refractivity contribution in [3.63, 3.8) is 0 Å². The van der Waals surface area contributed by atoms with Gasteiger partial charge in [0.05, 0.1) is 10.5 Å². The van der Waals surface area contributed by atoms with Crippen molar-refractivity contribution in [2.75, 3.05) is 13.2 Å². The van der Waals surface area contributed by atoms with Crippen LogP contribution in [0.5, 0.6) is 0 Å². The van der Waals surface area contributed by atoms with E-state index in [1.807, 2.05) is 0 Å². The quantitative estimate of drug-likeness (QED) is 0.754. The zero-order valence-corrected chi connectivity index (χ0v) is 16.2. The molecule has 2 bridgehead atoms. The van der Waals surface area contributed by atoms with Gasteiger partial charge in [-0.3, -0.25) is 0 Å². The maximum atomic E-state index is 13.2. The number of fused-ring (bicyclic) bond motifs is 2. The standard InChI is InChI=1S/C19H24N2O4S/c1-18(2)10-15-11-19(3,12-18)13-21(15)26(23,24)16-6-4-5-14(9-16)17(22)25-8-7-20/h4-6,9,15H,8,10-13H2,1-3H3/t15-,19-/m0/s1. The molecule has 140 valence electrons. The van der Waals surface area contributed by atoms with Crippen molar-refractivity contribution < 1.29 is 17.9 Å². The fourth-order valence-electron chi connectivity index (χ4n) is 4.79. The summed E-state index contributed by atoms with van der Waals surface area (Å²) in [5, 5.41) is 8.51. The second kappa shape index (κ2) is 6.36. The second-order valence-electron chi connectivity index (χ2n) is 8.53. The summed E-state index contributed by atoms with van der Waals surface area (Å²) in [7, 11) is -3.70. The average molecular weight is 376 g/mol. The highest BCUT2D eigenvalue weighted by atomic mass is 32.2. The number of nitriles is 1. The molecule has 2 atom stereocenters. The Labute approximate surface area is 154 Å². The normalized spacial score (nSPS) is 27.7. The van der Waals surface area contributed by atoms with Gasteiger partial charge in [0.2, 0.25) is 10.0 Å². The Hall–Kier alpha value is -1.91. The Kier molecular flexibility index (Phi) is 4.62. The van der Waals surface area contributed by atoms with Crippen LogP contribution in [-0.4, -0.2) is 37.9 Å². The van der Waals surface area contributed by atoms with Gasteiger partial charge in [-0.1, -0.05) is 26.8 Å². The lowest BCUT2D eigenvalue weighted by Crippen LogP contribution is -2.37. The van der Waals surface area contributed by atoms with Crippen LogP contribution in [0.1, 0.15) is 50.4 Å². The monoisotopic (exact) mass is 376 g/mol. The van der Waals surface area contributed by atoms with E-state index in [9.17, 15) is 13.2 Å². The van der Waals surface area contributed by atoms with E-state index in [0.29, 0.717) is 6.54 Å². The molecule has 3 rings (SSSR count). The lowest BCUT2D eigenvalue weighted by Gasteiger charge is -2.39. The van der Waals surface area contributed by atoms with Gasteiger partial charge < -0.3 is 4.74 Å². The summed E-state index contributed by atoms with van der Waals surface area (Å²) in [6, 6.07) is 7.58. The third kappa shape index (κ3) is 3.49. The lowest BCUT2D eigenvalue weighted by molar-refractivity contribution is 0.0554. The Bertz CT molecular complexity index is 872. The Morgan fingerprint density at radius 2 is 2.08 bits per heavy atom. The van der Waals surface area contributed by atoms with Crippen LogP contribution in [0.15, 0.2) is 29.2 Å². The smallest absolute Gasteiger partial charge is 0.339 e. The molecule has 0 radical (unpaired) electrons. The molecule has 26 heavy (non-hydrogen) atoms. The molecule has 0 amide bonds. The lowest BCUT2D eigenvalue weighted by atomic mass is 9.65. The number of hydrogen-bond donors (Lipinski definition) is 0. The Morgan fingerprint density at radius 1 is 1.35 bits per heavy atom. The van der Waals surface area contributed by atoms with Gasteiger partial charge in [-0.05, 0) is 48.3 Å². The maximum absolute atomic E-state index is 13.2. The first-order valence-corrected chi connectivity index (χ1v) is 10.2. The Balaban J connectivity index is 1.90. The Morgan fingerprint density at radius 3 is 2.77 bits per heavy atom. The minimum atomic E-state index is -3.70. The van der Waals surface area contributed by atoms with Crippen LogP contribution in [0, 0.1) is 22.2 Å². The number of hydrogen-bond acceptors (Lipinski definition) is 5. The molecule has 1 saturated carbocycles. The van der Waals surface area contributed by atoms with Crippen molar-refractivity contribution in [1.82, 2.24) is 4.31 Å². The number of carbonyl (C=O) groups is 1. The van der Waals surface area contributed by atoms with Crippen LogP contribution in [0.2, 0.25) is 0 Å². The van der Waals surface area contributed by atoms with E-state index in [2.05, 4.69) is 20.8 Å². The molecule has 0 N–H and O–H groups in total. The minimum absolute atomic E-state index is 0.0111. The fraction of sp³-hybridized carbons (Fsp3) is 0.579. The molecule has 1 saturated heterocycles. The summed E-state index contributed by atoms with van der Waals surface area (Å²) in [5.74, 6) is -0.697. The van der Waals surface area contributed by atoms with E-state index < -0.39 is 16.0 Å². The van der Waals surface area contributed by atoms with Gasteiger partial charge in [-0.25, -0.2) is 13.2 Å². The van der Waals surface area contributed by atoms with Gasteiger partial charge in [-0.2, -0.15) is 9.57 Å². The minimum Gasteiger partial charge on any atom is -0.447 e. The van der Waals surface area contributed by atoms with Crippen molar-refractivity contribution in [3.8, 4) is 6.07 Å². The van der Waals surface area contributed by atoms with Crippen molar-refractivity contribution in [3.05, 3.63) is 29.8 Å². The van der Waals surface area contributed by atoms with Crippen molar-refractivity contribution in [1.29, 1.82) is 5.26 Å². The number of benzene rings is 1. The number of nitrogens with zero attached hydrogens (tertiary/aromatic N) is 2. The summed E-state index contributed by atoms with van der Waals surface area (Å²) >= 11 is 0. The predicted octanol–water partition coefficient (Wildman–Crippen LogP) is 2.96. The van der Waals surface area contributed by atoms with Gasteiger partial charge in [0.15, 0.2) is 6.61 Å². The average Bonchev–Trinajstić information content (AvgIpc) is 2.82. The van der Waals surface area contributed by atoms with Crippen molar-refractivity contribution in [2.45, 2.75) is 51.0 Å². The zero-order chi connectivity index (χ0) is 19.2.